The summed E-state index contributed by atoms with van der Waals surface area (Å²) in [4.78, 5) is 13.0. The van der Waals surface area contributed by atoms with Gasteiger partial charge >= 0.3 is 0 Å². The molecular formula is C23H31O3P. The number of hydrogen-bond acceptors (Lipinski definition) is 3. The molecule has 0 saturated carbocycles. The zero-order valence-electron chi connectivity index (χ0n) is 16.9. The third kappa shape index (κ3) is 6.36. The molecule has 27 heavy (non-hydrogen) atoms. The van der Waals surface area contributed by atoms with Crippen LogP contribution in [-0.4, -0.2) is 18.7 Å². The smallest absolute Gasteiger partial charge is 0.186 e. The Kier molecular flexibility index (Phi) is 8.81. The summed E-state index contributed by atoms with van der Waals surface area (Å²) in [5.41, 5.74) is 3.05. The van der Waals surface area contributed by atoms with Crippen molar-refractivity contribution >= 4 is 19.4 Å². The molecule has 0 aliphatic heterocycles. The van der Waals surface area contributed by atoms with Gasteiger partial charge < -0.3 is 9.47 Å². The summed E-state index contributed by atoms with van der Waals surface area (Å²) in [6.07, 6.45) is 4.20. The third-order valence-electron chi connectivity index (χ3n) is 4.43. The first-order valence-electron chi connectivity index (χ1n) is 9.84. The molecule has 1 unspecified atom stereocenters. The Morgan fingerprint density at radius 1 is 0.926 bits per heavy atom. The Balaban J connectivity index is 2.21. The molecule has 0 amide bonds. The van der Waals surface area contributed by atoms with Crippen LogP contribution in [0, 0.1) is 13.8 Å². The van der Waals surface area contributed by atoms with E-state index < -0.39 is 0 Å². The fourth-order valence-corrected chi connectivity index (χ4v) is 4.03. The minimum Gasteiger partial charge on any atom is -0.493 e. The highest BCUT2D eigenvalue weighted by Crippen LogP contribution is 2.30. The van der Waals surface area contributed by atoms with Gasteiger partial charge in [-0.2, -0.15) is 0 Å². The summed E-state index contributed by atoms with van der Waals surface area (Å²) in [5.74, 6) is 1.58. The number of carbonyl (C=O) groups is 1. The Bertz CT molecular complexity index is 735. The molecule has 146 valence electrons. The van der Waals surface area contributed by atoms with Crippen molar-refractivity contribution in [3.63, 3.8) is 0 Å². The first-order valence-corrected chi connectivity index (χ1v) is 10.8. The van der Waals surface area contributed by atoms with Crippen LogP contribution >= 0.6 is 8.58 Å². The monoisotopic (exact) mass is 386 g/mol. The average Bonchev–Trinajstić information content (AvgIpc) is 2.64. The molecule has 2 aromatic rings. The summed E-state index contributed by atoms with van der Waals surface area (Å²) in [6, 6.07) is 11.8. The quantitative estimate of drug-likeness (QED) is 0.361. The van der Waals surface area contributed by atoms with E-state index in [4.69, 9.17) is 9.47 Å². The number of aryl methyl sites for hydroxylation is 2. The number of benzene rings is 2. The van der Waals surface area contributed by atoms with Crippen molar-refractivity contribution in [3.8, 4) is 11.5 Å². The summed E-state index contributed by atoms with van der Waals surface area (Å²) in [6.45, 7) is 9.63. The maximum Gasteiger partial charge on any atom is 0.186 e. The van der Waals surface area contributed by atoms with Crippen LogP contribution in [0.1, 0.15) is 61.0 Å². The van der Waals surface area contributed by atoms with Crippen LogP contribution in [0.3, 0.4) is 0 Å². The van der Waals surface area contributed by atoms with Gasteiger partial charge in [-0.15, -0.1) is 0 Å². The Labute approximate surface area is 165 Å². The maximum atomic E-state index is 13.0. The van der Waals surface area contributed by atoms with E-state index in [-0.39, 0.29) is 14.1 Å². The maximum absolute atomic E-state index is 13.0. The Morgan fingerprint density at radius 3 is 2.19 bits per heavy atom. The SMILES string of the molecule is CCCCOc1ccc(PC(=O)c2c(C)cccc2C)c(OCCCC)c1. The molecule has 3 nitrogen and oxygen atoms in total. The van der Waals surface area contributed by atoms with Gasteiger partial charge in [0, 0.05) is 16.9 Å². The van der Waals surface area contributed by atoms with Crippen molar-refractivity contribution in [1.82, 2.24) is 0 Å². The van der Waals surface area contributed by atoms with E-state index in [1.807, 2.05) is 50.2 Å². The Morgan fingerprint density at radius 2 is 1.56 bits per heavy atom. The van der Waals surface area contributed by atoms with Gasteiger partial charge in [-0.3, -0.25) is 4.79 Å². The lowest BCUT2D eigenvalue weighted by Gasteiger charge is -2.15. The number of hydrogen-bond donors (Lipinski definition) is 0. The summed E-state index contributed by atoms with van der Waals surface area (Å²) in [7, 11) is 0.0385. The van der Waals surface area contributed by atoms with Crippen molar-refractivity contribution in [2.24, 2.45) is 0 Å². The van der Waals surface area contributed by atoms with Crippen molar-refractivity contribution in [2.75, 3.05) is 13.2 Å². The second kappa shape index (κ2) is 11.1. The molecule has 0 N–H and O–H groups in total. The molecule has 0 saturated heterocycles. The second-order valence-electron chi connectivity index (χ2n) is 6.78. The minimum atomic E-state index is 0.0385. The lowest BCUT2D eigenvalue weighted by Crippen LogP contribution is -2.10. The van der Waals surface area contributed by atoms with Gasteiger partial charge in [-0.25, -0.2) is 0 Å². The lowest BCUT2D eigenvalue weighted by molar-refractivity contribution is 0.108. The highest BCUT2D eigenvalue weighted by Gasteiger charge is 2.16. The molecule has 0 aliphatic rings. The van der Waals surface area contributed by atoms with Crippen LogP contribution in [0.4, 0.5) is 0 Å². The molecule has 2 rings (SSSR count). The highest BCUT2D eigenvalue weighted by atomic mass is 31.1. The fourth-order valence-electron chi connectivity index (χ4n) is 2.83. The number of carbonyl (C=O) groups excluding carboxylic acids is 1. The van der Waals surface area contributed by atoms with E-state index in [1.165, 1.54) is 0 Å². The molecule has 0 aliphatic carbocycles. The van der Waals surface area contributed by atoms with Crippen molar-refractivity contribution in [2.45, 2.75) is 53.4 Å². The van der Waals surface area contributed by atoms with Crippen molar-refractivity contribution in [3.05, 3.63) is 53.1 Å². The van der Waals surface area contributed by atoms with Gasteiger partial charge in [0.2, 0.25) is 0 Å². The Hall–Kier alpha value is -1.86. The van der Waals surface area contributed by atoms with Crippen LogP contribution in [0.25, 0.3) is 0 Å². The number of rotatable bonds is 11. The normalized spacial score (nSPS) is 11.1. The fraction of sp³-hybridized carbons (Fsp3) is 0.435. The molecule has 1 atom stereocenters. The van der Waals surface area contributed by atoms with Gasteiger partial charge in [0.25, 0.3) is 0 Å². The van der Waals surface area contributed by atoms with Gasteiger partial charge in [0.05, 0.1) is 13.2 Å². The molecule has 0 spiro atoms. The van der Waals surface area contributed by atoms with Gasteiger partial charge in [0.1, 0.15) is 11.5 Å². The van der Waals surface area contributed by atoms with E-state index in [2.05, 4.69) is 13.8 Å². The minimum absolute atomic E-state index is 0.0385. The van der Waals surface area contributed by atoms with Crippen molar-refractivity contribution in [1.29, 1.82) is 0 Å². The standard InChI is InChI=1S/C23H31O3P/c1-5-7-14-25-19-12-13-21(20(16-19)26-15-8-6-2)27-23(24)22-17(3)10-9-11-18(22)4/h9-13,16,27H,5-8,14-15H2,1-4H3. The van der Waals surface area contributed by atoms with Crippen LogP contribution in [0.5, 0.6) is 11.5 Å². The molecule has 0 fully saturated rings. The summed E-state index contributed by atoms with van der Waals surface area (Å²) >= 11 is 0. The van der Waals surface area contributed by atoms with Gasteiger partial charge in [-0.05, 0) is 58.5 Å². The van der Waals surface area contributed by atoms with Crippen LogP contribution in [-0.2, 0) is 0 Å². The van der Waals surface area contributed by atoms with Crippen molar-refractivity contribution < 1.29 is 14.3 Å². The van der Waals surface area contributed by atoms with E-state index >= 15 is 0 Å². The van der Waals surface area contributed by atoms with E-state index in [9.17, 15) is 4.79 Å². The molecule has 0 aromatic heterocycles. The van der Waals surface area contributed by atoms with E-state index in [0.29, 0.717) is 13.2 Å². The van der Waals surface area contributed by atoms with Crippen LogP contribution in [0.2, 0.25) is 0 Å². The largest absolute Gasteiger partial charge is 0.493 e. The highest BCUT2D eigenvalue weighted by molar-refractivity contribution is 7.66. The van der Waals surface area contributed by atoms with Gasteiger partial charge in [-0.1, -0.05) is 44.9 Å². The number of unbranched alkanes of at least 4 members (excludes halogenated alkanes) is 2. The molecular weight excluding hydrogens is 355 g/mol. The van der Waals surface area contributed by atoms with Crippen LogP contribution in [0.15, 0.2) is 36.4 Å². The van der Waals surface area contributed by atoms with Gasteiger partial charge in [0.15, 0.2) is 5.52 Å². The average molecular weight is 386 g/mol. The molecule has 0 heterocycles. The second-order valence-corrected chi connectivity index (χ2v) is 8.03. The molecule has 0 radical (unpaired) electrons. The molecule has 4 heteroatoms. The molecule has 2 aromatic carbocycles. The third-order valence-corrected chi connectivity index (χ3v) is 5.59. The predicted molar refractivity (Wildman–Crippen MR) is 115 cm³/mol. The summed E-state index contributed by atoms with van der Waals surface area (Å²) < 4.78 is 11.8. The summed E-state index contributed by atoms with van der Waals surface area (Å²) in [5, 5.41) is 0.946. The molecule has 0 bridgehead atoms. The lowest BCUT2D eigenvalue weighted by atomic mass is 10.0. The van der Waals surface area contributed by atoms with E-state index in [1.54, 1.807) is 0 Å². The zero-order valence-corrected chi connectivity index (χ0v) is 17.9. The predicted octanol–water partition coefficient (Wildman–Crippen LogP) is 5.81. The number of ether oxygens (including phenoxy) is 2. The first-order chi connectivity index (χ1) is 13.1. The van der Waals surface area contributed by atoms with Crippen LogP contribution < -0.4 is 14.8 Å². The topological polar surface area (TPSA) is 35.5 Å². The van der Waals surface area contributed by atoms with E-state index in [0.717, 1.165) is 59.2 Å². The zero-order chi connectivity index (χ0) is 19.6. The first kappa shape index (κ1) is 21.4.